The Hall–Kier alpha value is -3.47. The predicted molar refractivity (Wildman–Crippen MR) is 163 cm³/mol. The molecule has 0 aliphatic carbocycles. The van der Waals surface area contributed by atoms with Crippen LogP contribution < -0.4 is 10.6 Å². The lowest BCUT2D eigenvalue weighted by molar-refractivity contribution is -0.144. The highest BCUT2D eigenvalue weighted by atomic mass is 32.1. The smallest absolute Gasteiger partial charge is 0.246 e. The van der Waals surface area contributed by atoms with Crippen molar-refractivity contribution in [1.29, 1.82) is 0 Å². The van der Waals surface area contributed by atoms with E-state index in [0.717, 1.165) is 47.4 Å². The van der Waals surface area contributed by atoms with E-state index in [-0.39, 0.29) is 30.7 Å². The van der Waals surface area contributed by atoms with Gasteiger partial charge < -0.3 is 20.6 Å². The number of carbonyl (C=O) groups is 3. The fourth-order valence-corrected chi connectivity index (χ4v) is 5.87. The fourth-order valence-electron chi connectivity index (χ4n) is 5.06. The molecule has 3 atom stereocenters. The first-order chi connectivity index (χ1) is 20.0. The zero-order valence-corrected chi connectivity index (χ0v) is 25.8. The topological polar surface area (TPSA) is 160 Å². The van der Waals surface area contributed by atoms with Crippen LogP contribution in [0.25, 0.3) is 20.9 Å². The third-order valence-corrected chi connectivity index (χ3v) is 8.41. The van der Waals surface area contributed by atoms with E-state index >= 15 is 0 Å². The Bertz CT molecular complexity index is 1250. The van der Waals surface area contributed by atoms with Gasteiger partial charge in [0.1, 0.15) is 12.1 Å². The molecule has 1 aromatic heterocycles. The Morgan fingerprint density at radius 2 is 1.86 bits per heavy atom. The van der Waals surface area contributed by atoms with Crippen LogP contribution in [0.2, 0.25) is 0 Å². The molecule has 2 heterocycles. The number of thiazole rings is 1. The van der Waals surface area contributed by atoms with Gasteiger partial charge in [-0.05, 0) is 41.8 Å². The number of aromatic nitrogens is 1. The van der Waals surface area contributed by atoms with Crippen LogP contribution in [0.15, 0.2) is 34.9 Å². The van der Waals surface area contributed by atoms with E-state index in [2.05, 4.69) is 25.6 Å². The van der Waals surface area contributed by atoms with E-state index in [1.165, 1.54) is 4.90 Å². The Kier molecular flexibility index (Phi) is 12.3. The number of unbranched alkanes of at least 4 members (excludes halogenated alkanes) is 4. The second-order valence-electron chi connectivity index (χ2n) is 11.9. The minimum atomic E-state index is -0.836. The van der Waals surface area contributed by atoms with E-state index in [1.807, 2.05) is 57.5 Å². The molecule has 42 heavy (non-hydrogen) atoms. The van der Waals surface area contributed by atoms with Gasteiger partial charge in [-0.2, -0.15) is 0 Å². The largest absolute Gasteiger partial charge is 0.391 e. The normalized spacial score (nSPS) is 17.4. The maximum atomic E-state index is 13.7. The van der Waals surface area contributed by atoms with Crippen LogP contribution in [-0.4, -0.2) is 64.0 Å². The molecule has 0 unspecified atom stereocenters. The van der Waals surface area contributed by atoms with Crippen LogP contribution in [0.3, 0.4) is 0 Å². The third-order valence-electron chi connectivity index (χ3n) is 7.44. The summed E-state index contributed by atoms with van der Waals surface area (Å²) < 4.78 is 0. The molecule has 228 valence electrons. The highest BCUT2D eigenvalue weighted by molar-refractivity contribution is 7.13. The van der Waals surface area contributed by atoms with Crippen LogP contribution in [0.5, 0.6) is 0 Å². The van der Waals surface area contributed by atoms with Crippen LogP contribution in [0, 0.1) is 12.3 Å². The van der Waals surface area contributed by atoms with Gasteiger partial charge >= 0.3 is 0 Å². The molecule has 0 bridgehead atoms. The van der Waals surface area contributed by atoms with Gasteiger partial charge in [-0.25, -0.2) is 4.98 Å². The molecular weight excluding hydrogens is 554 g/mol. The van der Waals surface area contributed by atoms with E-state index in [1.54, 1.807) is 11.3 Å². The number of rotatable bonds is 14. The molecule has 12 heteroatoms. The molecule has 1 fully saturated rings. The van der Waals surface area contributed by atoms with Crippen LogP contribution in [0.1, 0.15) is 77.0 Å². The first-order valence-corrected chi connectivity index (χ1v) is 15.4. The van der Waals surface area contributed by atoms with Gasteiger partial charge in [-0.15, -0.1) is 11.3 Å². The average molecular weight is 598 g/mol. The highest BCUT2D eigenvalue weighted by Crippen LogP contribution is 2.28. The van der Waals surface area contributed by atoms with Gasteiger partial charge in [0.25, 0.3) is 0 Å². The summed E-state index contributed by atoms with van der Waals surface area (Å²) in [5, 5.41) is 19.8. The number of β-amino-alcohol motifs (C(OH)–C–C–N with tert-alkyl or cyclic N) is 1. The Labute approximate surface area is 251 Å². The quantitative estimate of drug-likeness (QED) is 0.122. The van der Waals surface area contributed by atoms with Crippen molar-refractivity contribution >= 4 is 29.1 Å². The number of carbonyl (C=O) groups excluding carboxylic acids is 3. The summed E-state index contributed by atoms with van der Waals surface area (Å²) in [6.45, 7) is 8.41. The summed E-state index contributed by atoms with van der Waals surface area (Å²) in [5.41, 5.74) is 12.5. The van der Waals surface area contributed by atoms with Gasteiger partial charge in [0.15, 0.2) is 0 Å². The predicted octanol–water partition coefficient (Wildman–Crippen LogP) is 4.88. The van der Waals surface area contributed by atoms with Gasteiger partial charge in [-0.1, -0.05) is 69.4 Å². The van der Waals surface area contributed by atoms with Crippen molar-refractivity contribution in [3.05, 3.63) is 51.5 Å². The van der Waals surface area contributed by atoms with Crippen molar-refractivity contribution in [2.75, 3.05) is 13.1 Å². The number of azide groups is 1. The summed E-state index contributed by atoms with van der Waals surface area (Å²) in [6, 6.07) is 6.25. The van der Waals surface area contributed by atoms with Gasteiger partial charge in [-0.3, -0.25) is 14.4 Å². The summed E-state index contributed by atoms with van der Waals surface area (Å²) in [6.07, 6.45) is 3.88. The van der Waals surface area contributed by atoms with E-state index < -0.39 is 23.6 Å². The molecule has 0 spiro atoms. The second kappa shape index (κ2) is 15.7. The number of amides is 3. The van der Waals surface area contributed by atoms with E-state index in [0.29, 0.717) is 25.9 Å². The number of hydrogen-bond donors (Lipinski definition) is 3. The Morgan fingerprint density at radius 3 is 2.50 bits per heavy atom. The maximum absolute atomic E-state index is 13.7. The Morgan fingerprint density at radius 1 is 1.17 bits per heavy atom. The standard InChI is InChI=1S/C30H43N7O4S/c1-20-26(42-19-33-20)22-13-11-21(12-14-22)17-32-28(40)24-16-23(38)18-37(24)29(41)27(30(2,3)4)35-25(39)10-8-6-5-7-9-15-34-36-31/h11-14,19,23-24,27,38H,5-10,15-18H2,1-4H3,(H,32,40)(H,35,39)/t23-,24+,27+/m1/s1. The van der Waals surface area contributed by atoms with Crippen molar-refractivity contribution in [2.24, 2.45) is 10.5 Å². The summed E-state index contributed by atoms with van der Waals surface area (Å²) in [7, 11) is 0. The lowest BCUT2D eigenvalue weighted by Crippen LogP contribution is -2.57. The van der Waals surface area contributed by atoms with Crippen LogP contribution >= 0.6 is 11.3 Å². The lowest BCUT2D eigenvalue weighted by Gasteiger charge is -2.35. The fraction of sp³-hybridized carbons (Fsp3) is 0.600. The number of nitrogens with zero attached hydrogens (tertiary/aromatic N) is 5. The number of aliphatic hydroxyl groups is 1. The third kappa shape index (κ3) is 9.54. The van der Waals surface area contributed by atoms with Crippen molar-refractivity contribution in [3.8, 4) is 10.4 Å². The number of aryl methyl sites for hydroxylation is 1. The van der Waals surface area contributed by atoms with Crippen molar-refractivity contribution < 1.29 is 19.5 Å². The lowest BCUT2D eigenvalue weighted by atomic mass is 9.85. The summed E-state index contributed by atoms with van der Waals surface area (Å²) in [4.78, 5) is 49.3. The number of aliphatic hydroxyl groups excluding tert-OH is 1. The molecule has 1 aromatic carbocycles. The second-order valence-corrected chi connectivity index (χ2v) is 12.8. The zero-order chi connectivity index (χ0) is 30.7. The molecule has 3 amide bonds. The minimum absolute atomic E-state index is 0.0398. The van der Waals surface area contributed by atoms with Gasteiger partial charge in [0.2, 0.25) is 17.7 Å². The SMILES string of the molecule is Cc1ncsc1-c1ccc(CNC(=O)[C@@H]2C[C@@H](O)CN2C(=O)[C@H](NC(=O)CCCCCCCN=[N+]=[N-])C(C)(C)C)cc1. The van der Waals surface area contributed by atoms with Crippen molar-refractivity contribution in [3.63, 3.8) is 0 Å². The molecule has 1 aliphatic rings. The first-order valence-electron chi connectivity index (χ1n) is 14.6. The van der Waals surface area contributed by atoms with E-state index in [9.17, 15) is 19.5 Å². The van der Waals surface area contributed by atoms with Crippen molar-refractivity contribution in [1.82, 2.24) is 20.5 Å². The molecular formula is C30H43N7O4S. The monoisotopic (exact) mass is 597 g/mol. The number of hydrogen-bond acceptors (Lipinski definition) is 7. The molecule has 1 saturated heterocycles. The molecule has 1 aliphatic heterocycles. The first kappa shape index (κ1) is 33.0. The highest BCUT2D eigenvalue weighted by Gasteiger charge is 2.44. The number of benzene rings is 1. The molecule has 11 nitrogen and oxygen atoms in total. The maximum Gasteiger partial charge on any atom is 0.246 e. The van der Waals surface area contributed by atoms with Gasteiger partial charge in [0, 0.05) is 37.4 Å². The van der Waals surface area contributed by atoms with Crippen LogP contribution in [-0.2, 0) is 20.9 Å². The Balaban J connectivity index is 1.55. The van der Waals surface area contributed by atoms with Crippen LogP contribution in [0.4, 0.5) is 0 Å². The van der Waals surface area contributed by atoms with Gasteiger partial charge in [0.05, 0.1) is 22.2 Å². The van der Waals surface area contributed by atoms with Crippen molar-refractivity contribution in [2.45, 2.75) is 97.4 Å². The minimum Gasteiger partial charge on any atom is -0.391 e. The average Bonchev–Trinajstić information content (AvgIpc) is 3.56. The zero-order valence-electron chi connectivity index (χ0n) is 25.0. The molecule has 2 aromatic rings. The number of likely N-dealkylation sites (tertiary alicyclic amines) is 1. The number of nitrogens with one attached hydrogen (secondary N) is 2. The summed E-state index contributed by atoms with van der Waals surface area (Å²) >= 11 is 1.58. The summed E-state index contributed by atoms with van der Waals surface area (Å²) in [5.74, 6) is -0.910. The molecule has 0 radical (unpaired) electrons. The van der Waals surface area contributed by atoms with E-state index in [4.69, 9.17) is 5.53 Å². The molecule has 3 N–H and O–H groups in total. The molecule has 0 saturated carbocycles. The molecule has 3 rings (SSSR count).